The highest BCUT2D eigenvalue weighted by molar-refractivity contribution is 6.17. The average Bonchev–Trinajstić information content (AvgIpc) is 2.35. The molecular weight excluding hydrogens is 230 g/mol. The Bertz CT molecular complexity index is 449. The molecule has 0 saturated heterocycles. The summed E-state index contributed by atoms with van der Waals surface area (Å²) in [6.45, 7) is 0. The maximum Gasteiger partial charge on any atom is 0.174 e. The molecule has 0 aromatic heterocycles. The molecule has 0 unspecified atom stereocenters. The summed E-state index contributed by atoms with van der Waals surface area (Å²) in [4.78, 5) is 24.7. The molecule has 2 rings (SSSR count). The van der Waals surface area contributed by atoms with E-state index < -0.39 is 5.41 Å². The van der Waals surface area contributed by atoms with Crippen molar-refractivity contribution in [3.05, 3.63) is 11.3 Å². The van der Waals surface area contributed by atoms with Crippen LogP contribution >= 0.6 is 0 Å². The van der Waals surface area contributed by atoms with Gasteiger partial charge in [0, 0.05) is 12.0 Å². The maximum absolute atomic E-state index is 12.5. The molecule has 1 atom stereocenters. The Morgan fingerprint density at radius 1 is 1.06 bits per heavy atom. The van der Waals surface area contributed by atoms with Gasteiger partial charge in [-0.2, -0.15) is 0 Å². The minimum absolute atomic E-state index is 0.0484. The zero-order valence-corrected chi connectivity index (χ0v) is 10.4. The van der Waals surface area contributed by atoms with Crippen LogP contribution in [0.15, 0.2) is 11.3 Å². The van der Waals surface area contributed by atoms with Gasteiger partial charge in [-0.15, -0.1) is 0 Å². The number of carbonyl (C=O) groups is 2. The first-order chi connectivity index (χ1) is 8.49. The third-order valence-corrected chi connectivity index (χ3v) is 4.15. The summed E-state index contributed by atoms with van der Waals surface area (Å²) in [6, 6.07) is 0. The van der Waals surface area contributed by atoms with Crippen LogP contribution in [0.2, 0.25) is 0 Å². The number of ketones is 2. The summed E-state index contributed by atoms with van der Waals surface area (Å²) < 4.78 is 0. The van der Waals surface area contributed by atoms with E-state index in [1.54, 1.807) is 0 Å². The number of nitrogens with one attached hydrogen (secondary N) is 1. The van der Waals surface area contributed by atoms with E-state index in [1.165, 1.54) is 0 Å². The van der Waals surface area contributed by atoms with Crippen LogP contribution in [0.25, 0.3) is 0 Å². The van der Waals surface area contributed by atoms with Crippen molar-refractivity contribution in [2.75, 3.05) is 0 Å². The van der Waals surface area contributed by atoms with E-state index in [1.807, 2.05) is 0 Å². The van der Waals surface area contributed by atoms with E-state index in [-0.39, 0.29) is 23.1 Å². The molecule has 0 aliphatic heterocycles. The van der Waals surface area contributed by atoms with Crippen molar-refractivity contribution < 1.29 is 9.59 Å². The molecule has 2 aliphatic rings. The Labute approximate surface area is 106 Å². The van der Waals surface area contributed by atoms with Crippen molar-refractivity contribution in [1.29, 1.82) is 5.41 Å². The van der Waals surface area contributed by atoms with Gasteiger partial charge in [0.2, 0.25) is 0 Å². The number of Topliss-reactive ketones (excluding diaryl/α,β-unsaturated/α-hetero) is 2. The molecule has 0 heterocycles. The van der Waals surface area contributed by atoms with Crippen molar-refractivity contribution in [2.45, 2.75) is 44.9 Å². The molecule has 98 valence electrons. The standard InChI is InChI=1S/C13H19N3O2/c14-10(12(15)16)8-4-3-7-13(11(8)18)6-2-1-5-9(13)17/h1-7,14H2,(H3,15,16)/t13-/m1/s1. The van der Waals surface area contributed by atoms with Gasteiger partial charge in [0.1, 0.15) is 11.6 Å². The Balaban J connectivity index is 2.41. The lowest BCUT2D eigenvalue weighted by molar-refractivity contribution is -0.143. The molecule has 2 fully saturated rings. The number of hydrogen-bond acceptors (Lipinski definition) is 4. The zero-order valence-electron chi connectivity index (χ0n) is 10.4. The van der Waals surface area contributed by atoms with Crippen LogP contribution in [0, 0.1) is 10.8 Å². The van der Waals surface area contributed by atoms with Gasteiger partial charge in [0.15, 0.2) is 5.78 Å². The first-order valence-electron chi connectivity index (χ1n) is 6.40. The number of rotatable bonds is 1. The lowest BCUT2D eigenvalue weighted by atomic mass is 9.62. The van der Waals surface area contributed by atoms with Crippen molar-refractivity contribution in [2.24, 2.45) is 16.9 Å². The topological polar surface area (TPSA) is 110 Å². The van der Waals surface area contributed by atoms with Gasteiger partial charge in [-0.3, -0.25) is 15.0 Å². The number of nitrogens with two attached hydrogens (primary N) is 2. The molecule has 5 heteroatoms. The molecule has 0 radical (unpaired) electrons. The van der Waals surface area contributed by atoms with Gasteiger partial charge >= 0.3 is 0 Å². The molecule has 5 N–H and O–H groups in total. The second-order valence-corrected chi connectivity index (χ2v) is 5.20. The highest BCUT2D eigenvalue weighted by atomic mass is 16.2. The lowest BCUT2D eigenvalue weighted by Crippen LogP contribution is -2.45. The number of allylic oxidation sites excluding steroid dienone is 1. The maximum atomic E-state index is 12.5. The van der Waals surface area contributed by atoms with Gasteiger partial charge in [0.25, 0.3) is 0 Å². The number of amidine groups is 1. The molecule has 1 spiro atoms. The van der Waals surface area contributed by atoms with Crippen molar-refractivity contribution >= 4 is 17.4 Å². The minimum atomic E-state index is -0.855. The minimum Gasteiger partial charge on any atom is -0.395 e. The van der Waals surface area contributed by atoms with Gasteiger partial charge in [-0.1, -0.05) is 6.42 Å². The van der Waals surface area contributed by atoms with Crippen LogP contribution in [0.5, 0.6) is 0 Å². The SMILES string of the molecule is N=C(N)C(N)=C1CCC[C@@]2(CCCCC2=O)C1=O. The Kier molecular flexibility index (Phi) is 3.24. The largest absolute Gasteiger partial charge is 0.395 e. The second kappa shape index (κ2) is 4.55. The number of carbonyl (C=O) groups excluding carboxylic acids is 2. The predicted molar refractivity (Wildman–Crippen MR) is 67.9 cm³/mol. The summed E-state index contributed by atoms with van der Waals surface area (Å²) in [7, 11) is 0. The molecule has 0 amide bonds. The molecular formula is C13H19N3O2. The van der Waals surface area contributed by atoms with Gasteiger partial charge in [-0.25, -0.2) is 0 Å². The van der Waals surface area contributed by atoms with Gasteiger partial charge in [0.05, 0.1) is 11.1 Å². The first-order valence-corrected chi connectivity index (χ1v) is 6.40. The summed E-state index contributed by atoms with van der Waals surface area (Å²) in [5.41, 5.74) is 10.7. The fourth-order valence-electron chi connectivity index (χ4n) is 3.10. The summed E-state index contributed by atoms with van der Waals surface area (Å²) in [5.74, 6) is -0.405. The molecule has 18 heavy (non-hydrogen) atoms. The third-order valence-electron chi connectivity index (χ3n) is 4.15. The van der Waals surface area contributed by atoms with E-state index >= 15 is 0 Å². The summed E-state index contributed by atoms with van der Waals surface area (Å²) in [6.07, 6.45) is 4.80. The fourth-order valence-corrected chi connectivity index (χ4v) is 3.10. The molecule has 5 nitrogen and oxygen atoms in total. The molecule has 0 bridgehead atoms. The van der Waals surface area contributed by atoms with Crippen molar-refractivity contribution in [3.63, 3.8) is 0 Å². The highest BCUT2D eigenvalue weighted by Gasteiger charge is 2.49. The van der Waals surface area contributed by atoms with Crippen molar-refractivity contribution in [3.8, 4) is 0 Å². The van der Waals surface area contributed by atoms with Crippen LogP contribution in [0.1, 0.15) is 44.9 Å². The number of hydrogen-bond donors (Lipinski definition) is 3. The first kappa shape index (κ1) is 12.8. The zero-order chi connectivity index (χ0) is 13.3. The van der Waals surface area contributed by atoms with Gasteiger partial charge < -0.3 is 11.5 Å². The van der Waals surface area contributed by atoms with E-state index in [0.717, 1.165) is 19.3 Å². The van der Waals surface area contributed by atoms with Gasteiger partial charge in [-0.05, 0) is 32.1 Å². The Hall–Kier alpha value is -1.65. The van der Waals surface area contributed by atoms with Crippen LogP contribution < -0.4 is 11.5 Å². The van der Waals surface area contributed by atoms with E-state index in [9.17, 15) is 9.59 Å². The second-order valence-electron chi connectivity index (χ2n) is 5.20. The molecule has 0 aromatic rings. The Morgan fingerprint density at radius 2 is 1.72 bits per heavy atom. The Morgan fingerprint density at radius 3 is 2.33 bits per heavy atom. The van der Waals surface area contributed by atoms with Crippen molar-refractivity contribution in [1.82, 2.24) is 0 Å². The molecule has 2 aliphatic carbocycles. The lowest BCUT2D eigenvalue weighted by Gasteiger charge is -2.38. The smallest absolute Gasteiger partial charge is 0.174 e. The average molecular weight is 249 g/mol. The van der Waals surface area contributed by atoms with Crippen LogP contribution in [0.4, 0.5) is 0 Å². The highest BCUT2D eigenvalue weighted by Crippen LogP contribution is 2.44. The van der Waals surface area contributed by atoms with E-state index in [4.69, 9.17) is 16.9 Å². The third kappa shape index (κ3) is 1.83. The normalized spacial score (nSPS) is 31.6. The fraction of sp³-hybridized carbons (Fsp3) is 0.615. The summed E-state index contributed by atoms with van der Waals surface area (Å²) in [5, 5.41) is 7.34. The monoisotopic (exact) mass is 249 g/mol. The van der Waals surface area contributed by atoms with Crippen LogP contribution in [-0.2, 0) is 9.59 Å². The molecule has 0 aromatic carbocycles. The summed E-state index contributed by atoms with van der Waals surface area (Å²) >= 11 is 0. The molecule has 2 saturated carbocycles. The van der Waals surface area contributed by atoms with Crippen LogP contribution in [-0.4, -0.2) is 17.4 Å². The predicted octanol–water partition coefficient (Wildman–Crippen LogP) is 1.02. The van der Waals surface area contributed by atoms with Crippen LogP contribution in [0.3, 0.4) is 0 Å². The van der Waals surface area contributed by atoms with E-state index in [0.29, 0.717) is 31.3 Å². The quantitative estimate of drug-likeness (QED) is 0.279. The van der Waals surface area contributed by atoms with E-state index in [2.05, 4.69) is 0 Å².